The van der Waals surface area contributed by atoms with Gasteiger partial charge in [-0.15, -0.1) is 0 Å². The van der Waals surface area contributed by atoms with Gasteiger partial charge in [0.25, 0.3) is 5.91 Å². The Labute approximate surface area is 113 Å². The molecule has 0 aliphatic carbocycles. The standard InChI is InChI=1S/C16H18N2O/c1-3-12(2)13-4-6-15(7-5-13)18-16(19)14-8-10-17-11-9-14/h4-12H,3H2,1-2H3,(H,18,19)/t12-/m1/s1. The fraction of sp³-hybridized carbons (Fsp3) is 0.250. The summed E-state index contributed by atoms with van der Waals surface area (Å²) in [4.78, 5) is 15.8. The average Bonchev–Trinajstić information content (AvgIpc) is 2.48. The van der Waals surface area contributed by atoms with Crippen LogP contribution in [0.2, 0.25) is 0 Å². The maximum atomic E-state index is 12.0. The summed E-state index contributed by atoms with van der Waals surface area (Å²) < 4.78 is 0. The van der Waals surface area contributed by atoms with Crippen molar-refractivity contribution < 1.29 is 4.79 Å². The van der Waals surface area contributed by atoms with Crippen LogP contribution in [0.5, 0.6) is 0 Å². The molecule has 0 aliphatic heterocycles. The van der Waals surface area contributed by atoms with E-state index in [1.165, 1.54) is 5.56 Å². The van der Waals surface area contributed by atoms with Crippen molar-refractivity contribution in [2.24, 2.45) is 0 Å². The molecule has 0 saturated carbocycles. The molecule has 0 spiro atoms. The molecule has 0 bridgehead atoms. The smallest absolute Gasteiger partial charge is 0.255 e. The number of carbonyl (C=O) groups is 1. The van der Waals surface area contributed by atoms with Crippen LogP contribution in [0.25, 0.3) is 0 Å². The molecule has 2 rings (SSSR count). The molecule has 0 radical (unpaired) electrons. The molecular formula is C16H18N2O. The lowest BCUT2D eigenvalue weighted by Crippen LogP contribution is -2.11. The van der Waals surface area contributed by atoms with Crippen LogP contribution in [0.15, 0.2) is 48.8 Å². The zero-order chi connectivity index (χ0) is 13.7. The summed E-state index contributed by atoms with van der Waals surface area (Å²) in [5.41, 5.74) is 2.72. The van der Waals surface area contributed by atoms with Gasteiger partial charge in [-0.3, -0.25) is 9.78 Å². The minimum absolute atomic E-state index is 0.112. The molecular weight excluding hydrogens is 236 g/mol. The fourth-order valence-electron chi connectivity index (χ4n) is 1.84. The summed E-state index contributed by atoms with van der Waals surface area (Å²) in [5.74, 6) is 0.434. The van der Waals surface area contributed by atoms with Crippen molar-refractivity contribution in [2.45, 2.75) is 26.2 Å². The van der Waals surface area contributed by atoms with E-state index in [0.29, 0.717) is 11.5 Å². The summed E-state index contributed by atoms with van der Waals surface area (Å²) in [6, 6.07) is 11.4. The minimum atomic E-state index is -0.112. The number of pyridine rings is 1. The highest BCUT2D eigenvalue weighted by molar-refractivity contribution is 6.04. The van der Waals surface area contributed by atoms with Gasteiger partial charge in [0, 0.05) is 23.6 Å². The first kappa shape index (κ1) is 13.3. The van der Waals surface area contributed by atoms with Gasteiger partial charge in [0.05, 0.1) is 0 Å². The molecule has 0 unspecified atom stereocenters. The van der Waals surface area contributed by atoms with Gasteiger partial charge in [-0.2, -0.15) is 0 Å². The lowest BCUT2D eigenvalue weighted by molar-refractivity contribution is 0.102. The Morgan fingerprint density at radius 1 is 1.16 bits per heavy atom. The van der Waals surface area contributed by atoms with Crippen LogP contribution in [0.4, 0.5) is 5.69 Å². The highest BCUT2D eigenvalue weighted by atomic mass is 16.1. The lowest BCUT2D eigenvalue weighted by atomic mass is 9.98. The largest absolute Gasteiger partial charge is 0.322 e. The highest BCUT2D eigenvalue weighted by Crippen LogP contribution is 2.20. The third-order valence-electron chi connectivity index (χ3n) is 3.29. The molecule has 2 aromatic rings. The molecule has 1 atom stereocenters. The predicted octanol–water partition coefficient (Wildman–Crippen LogP) is 3.85. The van der Waals surface area contributed by atoms with Crippen molar-refractivity contribution in [3.63, 3.8) is 0 Å². The summed E-state index contributed by atoms with van der Waals surface area (Å²) in [6.45, 7) is 4.37. The van der Waals surface area contributed by atoms with E-state index in [2.05, 4.69) is 36.3 Å². The second kappa shape index (κ2) is 6.14. The third-order valence-corrected chi connectivity index (χ3v) is 3.29. The van der Waals surface area contributed by atoms with Crippen molar-refractivity contribution in [3.05, 3.63) is 59.9 Å². The monoisotopic (exact) mass is 254 g/mol. The summed E-state index contributed by atoms with van der Waals surface area (Å²) in [7, 11) is 0. The first-order valence-electron chi connectivity index (χ1n) is 6.52. The van der Waals surface area contributed by atoms with Gasteiger partial charge < -0.3 is 5.32 Å². The first-order valence-corrected chi connectivity index (χ1v) is 6.52. The molecule has 1 heterocycles. The van der Waals surface area contributed by atoms with E-state index in [9.17, 15) is 4.79 Å². The van der Waals surface area contributed by atoms with Crippen molar-refractivity contribution in [1.29, 1.82) is 0 Å². The van der Waals surface area contributed by atoms with Crippen LogP contribution in [-0.2, 0) is 0 Å². The van der Waals surface area contributed by atoms with E-state index in [0.717, 1.165) is 12.1 Å². The number of anilines is 1. The van der Waals surface area contributed by atoms with Crippen molar-refractivity contribution >= 4 is 11.6 Å². The summed E-state index contributed by atoms with van der Waals surface area (Å²) in [5, 5.41) is 2.88. The predicted molar refractivity (Wildman–Crippen MR) is 77.3 cm³/mol. The number of amides is 1. The minimum Gasteiger partial charge on any atom is -0.322 e. The quantitative estimate of drug-likeness (QED) is 0.900. The Balaban J connectivity index is 2.06. The molecule has 3 nitrogen and oxygen atoms in total. The van der Waals surface area contributed by atoms with Gasteiger partial charge >= 0.3 is 0 Å². The summed E-state index contributed by atoms with van der Waals surface area (Å²) >= 11 is 0. The molecule has 0 saturated heterocycles. The van der Waals surface area contributed by atoms with Crippen LogP contribution in [0.3, 0.4) is 0 Å². The van der Waals surface area contributed by atoms with Gasteiger partial charge in [-0.25, -0.2) is 0 Å². The zero-order valence-electron chi connectivity index (χ0n) is 11.3. The van der Waals surface area contributed by atoms with Gasteiger partial charge in [0.2, 0.25) is 0 Å². The van der Waals surface area contributed by atoms with E-state index in [4.69, 9.17) is 0 Å². The van der Waals surface area contributed by atoms with Crippen LogP contribution >= 0.6 is 0 Å². The molecule has 1 amide bonds. The fourth-order valence-corrected chi connectivity index (χ4v) is 1.84. The second-order valence-electron chi connectivity index (χ2n) is 4.62. The van der Waals surface area contributed by atoms with Crippen molar-refractivity contribution in [3.8, 4) is 0 Å². The number of benzene rings is 1. The highest BCUT2D eigenvalue weighted by Gasteiger charge is 2.06. The van der Waals surface area contributed by atoms with E-state index < -0.39 is 0 Å². The van der Waals surface area contributed by atoms with E-state index in [1.54, 1.807) is 24.5 Å². The number of nitrogens with zero attached hydrogens (tertiary/aromatic N) is 1. The molecule has 98 valence electrons. The van der Waals surface area contributed by atoms with Crippen LogP contribution in [0, 0.1) is 0 Å². The van der Waals surface area contributed by atoms with Crippen molar-refractivity contribution in [2.75, 3.05) is 5.32 Å². The molecule has 3 heteroatoms. The van der Waals surface area contributed by atoms with Crippen molar-refractivity contribution in [1.82, 2.24) is 4.98 Å². The molecule has 1 N–H and O–H groups in total. The summed E-state index contributed by atoms with van der Waals surface area (Å²) in [6.07, 6.45) is 4.34. The van der Waals surface area contributed by atoms with Gasteiger partial charge in [-0.05, 0) is 42.2 Å². The number of nitrogens with one attached hydrogen (secondary N) is 1. The number of rotatable bonds is 4. The Hall–Kier alpha value is -2.16. The topological polar surface area (TPSA) is 42.0 Å². The second-order valence-corrected chi connectivity index (χ2v) is 4.62. The van der Waals surface area contributed by atoms with E-state index >= 15 is 0 Å². The Morgan fingerprint density at radius 2 is 1.79 bits per heavy atom. The Kier molecular flexibility index (Phi) is 4.29. The maximum Gasteiger partial charge on any atom is 0.255 e. The zero-order valence-corrected chi connectivity index (χ0v) is 11.3. The number of aromatic nitrogens is 1. The van der Waals surface area contributed by atoms with E-state index in [1.807, 2.05) is 12.1 Å². The molecule has 1 aromatic carbocycles. The number of hydrogen-bond acceptors (Lipinski definition) is 2. The molecule has 1 aromatic heterocycles. The van der Waals surface area contributed by atoms with Gasteiger partial charge in [0.15, 0.2) is 0 Å². The third kappa shape index (κ3) is 3.41. The van der Waals surface area contributed by atoms with E-state index in [-0.39, 0.29) is 5.91 Å². The van der Waals surface area contributed by atoms with Crippen LogP contribution < -0.4 is 5.32 Å². The average molecular weight is 254 g/mol. The number of carbonyl (C=O) groups excluding carboxylic acids is 1. The van der Waals surface area contributed by atoms with Gasteiger partial charge in [-0.1, -0.05) is 26.0 Å². The normalized spacial score (nSPS) is 11.9. The lowest BCUT2D eigenvalue weighted by Gasteiger charge is -2.10. The maximum absolute atomic E-state index is 12.0. The molecule has 0 fully saturated rings. The van der Waals surface area contributed by atoms with Crippen LogP contribution in [0.1, 0.15) is 42.1 Å². The van der Waals surface area contributed by atoms with Crippen LogP contribution in [-0.4, -0.2) is 10.9 Å². The molecule has 19 heavy (non-hydrogen) atoms. The Morgan fingerprint density at radius 3 is 2.37 bits per heavy atom. The Bertz CT molecular complexity index is 534. The number of hydrogen-bond donors (Lipinski definition) is 1. The first-order chi connectivity index (χ1) is 9.20. The van der Waals surface area contributed by atoms with Gasteiger partial charge in [0.1, 0.15) is 0 Å². The molecule has 0 aliphatic rings. The SMILES string of the molecule is CC[C@@H](C)c1ccc(NC(=O)c2ccncc2)cc1.